The number of nitrogen functional groups attached to an aromatic ring is 2. The van der Waals surface area contributed by atoms with Gasteiger partial charge in [-0.1, -0.05) is 177 Å². The predicted molar refractivity (Wildman–Crippen MR) is 239 cm³/mol. The first-order valence-corrected chi connectivity index (χ1v) is 22.3. The van der Waals surface area contributed by atoms with Gasteiger partial charge in [-0.05, 0) is 121 Å². The van der Waals surface area contributed by atoms with E-state index in [0.29, 0.717) is 11.8 Å². The number of rotatable bonds is 27. The van der Waals surface area contributed by atoms with Gasteiger partial charge in [-0.15, -0.1) is 0 Å². The number of unbranched alkanes of at least 4 members (excludes halogenated alkanes) is 15. The van der Waals surface area contributed by atoms with Crippen LogP contribution >= 0.6 is 0 Å². The molecule has 0 aromatic heterocycles. The number of nitrogens with two attached hydrogens (primary N) is 2. The lowest BCUT2D eigenvalue weighted by Gasteiger charge is -2.20. The van der Waals surface area contributed by atoms with Gasteiger partial charge in [-0.3, -0.25) is 0 Å². The fourth-order valence-corrected chi connectivity index (χ4v) is 8.73. The Hall–Kier alpha value is -3.52. The van der Waals surface area contributed by atoms with Gasteiger partial charge >= 0.3 is 0 Å². The number of aryl methyl sites for hydroxylation is 4. The first-order chi connectivity index (χ1) is 26.4. The average molecular weight is 729 g/mol. The Morgan fingerprint density at radius 2 is 0.685 bits per heavy atom. The van der Waals surface area contributed by atoms with Crippen LogP contribution in [0.15, 0.2) is 84.9 Å². The summed E-state index contributed by atoms with van der Waals surface area (Å²) in [6.45, 7) is 8.97. The van der Waals surface area contributed by atoms with Crippen LogP contribution in [0.3, 0.4) is 0 Å². The molecule has 0 saturated carbocycles. The Morgan fingerprint density at radius 3 is 0.963 bits per heavy atom. The zero-order valence-corrected chi connectivity index (χ0v) is 34.9. The molecular formula is C52H76N2. The average Bonchev–Trinajstić information content (AvgIpc) is 3.17. The zero-order valence-electron chi connectivity index (χ0n) is 34.9. The summed E-state index contributed by atoms with van der Waals surface area (Å²) in [5.74, 6) is 0.922. The SMILES string of the molecule is CCCC(c1ccc(CCCCCCCCCCCCCCCCCCc2ccc(C(CCC)c3ccc(N)cc3C)cc2)cc1)c1ccc(N)cc1C. The fraction of sp³-hybridized carbons (Fsp3) is 0.538. The fourth-order valence-electron chi connectivity index (χ4n) is 8.73. The van der Waals surface area contributed by atoms with E-state index in [-0.39, 0.29) is 0 Å². The number of anilines is 2. The maximum atomic E-state index is 6.03. The molecule has 0 saturated heterocycles. The quantitative estimate of drug-likeness (QED) is 0.0474. The van der Waals surface area contributed by atoms with Gasteiger partial charge in [0.15, 0.2) is 0 Å². The summed E-state index contributed by atoms with van der Waals surface area (Å²) in [7, 11) is 0. The van der Waals surface area contributed by atoms with E-state index in [1.54, 1.807) is 0 Å². The highest BCUT2D eigenvalue weighted by Crippen LogP contribution is 2.34. The van der Waals surface area contributed by atoms with Crippen LogP contribution < -0.4 is 11.5 Å². The highest BCUT2D eigenvalue weighted by Gasteiger charge is 2.17. The Balaban J connectivity index is 0.947. The lowest BCUT2D eigenvalue weighted by Crippen LogP contribution is -2.04. The Kier molecular flexibility index (Phi) is 19.8. The van der Waals surface area contributed by atoms with Crippen LogP contribution in [0.25, 0.3) is 0 Å². The summed E-state index contributed by atoms with van der Waals surface area (Å²) >= 11 is 0. The molecule has 0 aliphatic rings. The molecule has 0 spiro atoms. The molecule has 4 aromatic carbocycles. The van der Waals surface area contributed by atoms with Gasteiger partial charge in [-0.2, -0.15) is 0 Å². The van der Waals surface area contributed by atoms with Gasteiger partial charge in [0.25, 0.3) is 0 Å². The molecule has 0 aliphatic carbocycles. The summed E-state index contributed by atoms with van der Waals surface area (Å²) in [5.41, 5.74) is 25.1. The molecule has 2 nitrogen and oxygen atoms in total. The number of hydrogen-bond donors (Lipinski definition) is 2. The van der Waals surface area contributed by atoms with Crippen LogP contribution in [0, 0.1) is 13.8 Å². The number of hydrogen-bond acceptors (Lipinski definition) is 2. The van der Waals surface area contributed by atoms with E-state index in [2.05, 4.69) is 113 Å². The van der Waals surface area contributed by atoms with Crippen LogP contribution in [-0.4, -0.2) is 0 Å². The van der Waals surface area contributed by atoms with E-state index in [4.69, 9.17) is 11.5 Å². The molecule has 0 amide bonds. The summed E-state index contributed by atoms with van der Waals surface area (Å²) in [6.07, 6.45) is 29.5. The van der Waals surface area contributed by atoms with Crippen LogP contribution in [0.4, 0.5) is 11.4 Å². The molecule has 0 aliphatic heterocycles. The maximum Gasteiger partial charge on any atom is 0.0316 e. The summed E-state index contributed by atoms with van der Waals surface area (Å²) in [4.78, 5) is 0. The second kappa shape index (κ2) is 24.8. The first kappa shape index (κ1) is 43.2. The van der Waals surface area contributed by atoms with E-state index >= 15 is 0 Å². The van der Waals surface area contributed by atoms with Gasteiger partial charge in [0.2, 0.25) is 0 Å². The molecule has 2 unspecified atom stereocenters. The van der Waals surface area contributed by atoms with E-state index in [9.17, 15) is 0 Å². The Labute approximate surface area is 332 Å². The van der Waals surface area contributed by atoms with Crippen molar-refractivity contribution in [3.63, 3.8) is 0 Å². The van der Waals surface area contributed by atoms with Gasteiger partial charge in [0, 0.05) is 23.2 Å². The monoisotopic (exact) mass is 729 g/mol. The molecule has 4 N–H and O–H groups in total. The minimum absolute atomic E-state index is 0.461. The Bertz CT molecular complexity index is 1460. The molecular weight excluding hydrogens is 653 g/mol. The lowest BCUT2D eigenvalue weighted by atomic mass is 9.84. The molecule has 2 heteroatoms. The van der Waals surface area contributed by atoms with Crippen molar-refractivity contribution in [3.8, 4) is 0 Å². The van der Waals surface area contributed by atoms with Crippen molar-refractivity contribution in [3.05, 3.63) is 129 Å². The standard InChI is InChI=1S/C52H76N2/c1-5-23-51(49-37-35-47(53)39-41(49)3)45-31-27-43(28-32-45)25-21-19-17-15-13-11-9-7-8-10-12-14-16-18-20-22-26-44-29-33-46(34-30-44)52(24-6-2)50-38-36-48(54)40-42(50)4/h27-40,51-52H,5-26,53-54H2,1-4H3. The molecule has 4 rings (SSSR count). The molecule has 0 radical (unpaired) electrons. The van der Waals surface area contributed by atoms with Crippen LogP contribution in [-0.2, 0) is 12.8 Å². The second-order valence-corrected chi connectivity index (χ2v) is 16.6. The van der Waals surface area contributed by atoms with Crippen molar-refractivity contribution in [2.45, 2.75) is 181 Å². The van der Waals surface area contributed by atoms with Crippen LogP contribution in [0.5, 0.6) is 0 Å². The van der Waals surface area contributed by atoms with Crippen molar-refractivity contribution < 1.29 is 0 Å². The molecule has 4 aromatic rings. The van der Waals surface area contributed by atoms with E-state index < -0.39 is 0 Å². The molecule has 54 heavy (non-hydrogen) atoms. The number of benzene rings is 4. The third kappa shape index (κ3) is 15.0. The lowest BCUT2D eigenvalue weighted by molar-refractivity contribution is 0.528. The topological polar surface area (TPSA) is 52.0 Å². The highest BCUT2D eigenvalue weighted by atomic mass is 14.5. The minimum atomic E-state index is 0.461. The Morgan fingerprint density at radius 1 is 0.389 bits per heavy atom. The van der Waals surface area contributed by atoms with Gasteiger partial charge in [0.05, 0.1) is 0 Å². The van der Waals surface area contributed by atoms with E-state index in [1.165, 1.54) is 186 Å². The third-order valence-corrected chi connectivity index (χ3v) is 11.9. The third-order valence-electron chi connectivity index (χ3n) is 11.9. The highest BCUT2D eigenvalue weighted by molar-refractivity contribution is 5.49. The first-order valence-electron chi connectivity index (χ1n) is 22.3. The van der Waals surface area contributed by atoms with Crippen LogP contribution in [0.1, 0.15) is 199 Å². The maximum absolute atomic E-state index is 6.03. The second-order valence-electron chi connectivity index (χ2n) is 16.6. The molecule has 0 heterocycles. The molecule has 0 bridgehead atoms. The summed E-state index contributed by atoms with van der Waals surface area (Å²) in [6, 6.07) is 31.8. The van der Waals surface area contributed by atoms with E-state index in [0.717, 1.165) is 11.4 Å². The van der Waals surface area contributed by atoms with Gasteiger partial charge < -0.3 is 11.5 Å². The normalized spacial score (nSPS) is 12.6. The predicted octanol–water partition coefficient (Wildman–Crippen LogP) is 15.4. The zero-order chi connectivity index (χ0) is 38.4. The van der Waals surface area contributed by atoms with E-state index in [1.807, 2.05) is 0 Å². The van der Waals surface area contributed by atoms with Crippen molar-refractivity contribution in [1.82, 2.24) is 0 Å². The molecule has 0 fully saturated rings. The smallest absolute Gasteiger partial charge is 0.0316 e. The van der Waals surface area contributed by atoms with Crippen LogP contribution in [0.2, 0.25) is 0 Å². The summed E-state index contributed by atoms with van der Waals surface area (Å²) in [5, 5.41) is 0. The summed E-state index contributed by atoms with van der Waals surface area (Å²) < 4.78 is 0. The van der Waals surface area contributed by atoms with Crippen molar-refractivity contribution >= 4 is 11.4 Å². The molecule has 2 atom stereocenters. The van der Waals surface area contributed by atoms with Crippen molar-refractivity contribution in [2.24, 2.45) is 0 Å². The minimum Gasteiger partial charge on any atom is -0.399 e. The van der Waals surface area contributed by atoms with Gasteiger partial charge in [0.1, 0.15) is 0 Å². The largest absolute Gasteiger partial charge is 0.399 e. The van der Waals surface area contributed by atoms with Gasteiger partial charge in [-0.25, -0.2) is 0 Å². The van der Waals surface area contributed by atoms with Crippen molar-refractivity contribution in [1.29, 1.82) is 0 Å². The molecule has 294 valence electrons. The van der Waals surface area contributed by atoms with Crippen molar-refractivity contribution in [2.75, 3.05) is 11.5 Å².